The molecule has 0 saturated heterocycles. The highest BCUT2D eigenvalue weighted by Gasteiger charge is 2.52. The molecule has 0 bridgehead atoms. The van der Waals surface area contributed by atoms with Gasteiger partial charge in [-0.25, -0.2) is 0 Å². The molecule has 0 radical (unpaired) electrons. The van der Waals surface area contributed by atoms with Gasteiger partial charge in [0, 0.05) is 11.9 Å². The van der Waals surface area contributed by atoms with E-state index in [4.69, 9.17) is 4.99 Å². The first-order chi connectivity index (χ1) is 19.9. The maximum absolute atomic E-state index is 5.22. The Kier molecular flexibility index (Phi) is 5.21. The van der Waals surface area contributed by atoms with Gasteiger partial charge in [0.15, 0.2) is 0 Å². The fourth-order valence-electron chi connectivity index (χ4n) is 7.06. The van der Waals surface area contributed by atoms with Crippen LogP contribution in [0.3, 0.4) is 0 Å². The molecule has 0 fully saturated rings. The first kappa shape index (κ1) is 23.0. The van der Waals surface area contributed by atoms with E-state index >= 15 is 0 Å². The van der Waals surface area contributed by atoms with Gasteiger partial charge in [0.05, 0.1) is 22.5 Å². The van der Waals surface area contributed by atoms with Crippen molar-refractivity contribution < 1.29 is 0 Å². The van der Waals surface area contributed by atoms with Gasteiger partial charge in [-0.3, -0.25) is 4.99 Å². The molecule has 0 atom stereocenters. The lowest BCUT2D eigenvalue weighted by molar-refractivity contribution is 0.756. The molecule has 2 aliphatic heterocycles. The molecule has 0 unspecified atom stereocenters. The maximum Gasteiger partial charge on any atom is 0.0765 e. The molecule has 1 spiro atoms. The van der Waals surface area contributed by atoms with E-state index in [1.54, 1.807) is 0 Å². The number of nitrogens with zero attached hydrogens (tertiary/aromatic N) is 2. The van der Waals surface area contributed by atoms with Crippen LogP contribution in [0.25, 0.3) is 11.3 Å². The minimum atomic E-state index is -0.451. The molecular formula is C38H28N2. The summed E-state index contributed by atoms with van der Waals surface area (Å²) in [6.45, 7) is 0. The quantitative estimate of drug-likeness (QED) is 0.230. The monoisotopic (exact) mass is 512 g/mol. The van der Waals surface area contributed by atoms with Crippen LogP contribution in [0.4, 0.5) is 17.1 Å². The summed E-state index contributed by atoms with van der Waals surface area (Å²) in [5, 5.41) is 0. The summed E-state index contributed by atoms with van der Waals surface area (Å²) in [5.41, 5.74) is 13.3. The molecule has 2 heterocycles. The Hall–Kier alpha value is -4.95. The number of aliphatic imine (C=N–C) groups is 1. The molecule has 3 aliphatic rings. The largest absolute Gasteiger partial charge is 0.310 e. The fraction of sp³-hybridized carbons (Fsp3) is 0.0789. The van der Waals surface area contributed by atoms with Crippen LogP contribution >= 0.6 is 0 Å². The Balaban J connectivity index is 1.44. The lowest BCUT2D eigenvalue weighted by Gasteiger charge is -2.45. The molecule has 40 heavy (non-hydrogen) atoms. The summed E-state index contributed by atoms with van der Waals surface area (Å²) in [7, 11) is 0. The van der Waals surface area contributed by atoms with Crippen molar-refractivity contribution >= 4 is 34.5 Å². The van der Waals surface area contributed by atoms with E-state index in [1.165, 1.54) is 50.5 Å². The average Bonchev–Trinajstić information content (AvgIpc) is 3.27. The number of allylic oxidation sites excluding steroid dienone is 3. The highest BCUT2D eigenvalue weighted by atomic mass is 15.2. The number of anilines is 3. The van der Waals surface area contributed by atoms with E-state index in [1.807, 2.05) is 0 Å². The van der Waals surface area contributed by atoms with E-state index < -0.39 is 5.41 Å². The van der Waals surface area contributed by atoms with E-state index in [0.717, 1.165) is 24.1 Å². The highest BCUT2D eigenvalue weighted by molar-refractivity contribution is 6.07. The van der Waals surface area contributed by atoms with Crippen molar-refractivity contribution in [3.05, 3.63) is 173 Å². The van der Waals surface area contributed by atoms with Gasteiger partial charge >= 0.3 is 0 Å². The Morgan fingerprint density at radius 1 is 0.575 bits per heavy atom. The van der Waals surface area contributed by atoms with Gasteiger partial charge in [-0.2, -0.15) is 0 Å². The average molecular weight is 513 g/mol. The van der Waals surface area contributed by atoms with E-state index in [2.05, 4.69) is 151 Å². The molecule has 2 nitrogen and oxygen atoms in total. The normalized spacial score (nSPS) is 18.5. The number of hydrogen-bond acceptors (Lipinski definition) is 2. The number of hydrogen-bond donors (Lipinski definition) is 0. The van der Waals surface area contributed by atoms with Crippen molar-refractivity contribution in [2.24, 2.45) is 4.99 Å². The van der Waals surface area contributed by atoms with E-state index in [-0.39, 0.29) is 0 Å². The SMILES string of the molecule is C1=N\C(c2ccccc2)=C/CCC2=C/1C1(c3ccccc32)c2ccccc2N(c2ccccc2)c2ccccc21. The van der Waals surface area contributed by atoms with Crippen LogP contribution in [-0.2, 0) is 5.41 Å². The van der Waals surface area contributed by atoms with Crippen LogP contribution in [0.1, 0.15) is 40.7 Å². The summed E-state index contributed by atoms with van der Waals surface area (Å²) in [5.74, 6) is 0. The third kappa shape index (κ3) is 3.20. The zero-order valence-corrected chi connectivity index (χ0v) is 22.2. The molecule has 0 aromatic heterocycles. The van der Waals surface area contributed by atoms with Crippen LogP contribution in [0, 0.1) is 0 Å². The molecule has 0 saturated carbocycles. The van der Waals surface area contributed by atoms with Crippen LogP contribution in [-0.4, -0.2) is 6.21 Å². The van der Waals surface area contributed by atoms with Gasteiger partial charge in [-0.1, -0.05) is 115 Å². The smallest absolute Gasteiger partial charge is 0.0765 e. The topological polar surface area (TPSA) is 15.6 Å². The summed E-state index contributed by atoms with van der Waals surface area (Å²) in [4.78, 5) is 7.64. The van der Waals surface area contributed by atoms with Crippen molar-refractivity contribution in [1.82, 2.24) is 0 Å². The van der Waals surface area contributed by atoms with Gasteiger partial charge in [0.25, 0.3) is 0 Å². The Bertz CT molecular complexity index is 1800. The molecule has 1 aliphatic carbocycles. The predicted molar refractivity (Wildman–Crippen MR) is 167 cm³/mol. The molecule has 5 aromatic rings. The van der Waals surface area contributed by atoms with Gasteiger partial charge in [0.1, 0.15) is 0 Å². The second-order valence-electron chi connectivity index (χ2n) is 10.6. The van der Waals surface area contributed by atoms with Crippen LogP contribution in [0.2, 0.25) is 0 Å². The van der Waals surface area contributed by atoms with E-state index in [0.29, 0.717) is 0 Å². The molecule has 0 N–H and O–H groups in total. The zero-order valence-electron chi connectivity index (χ0n) is 22.2. The first-order valence-electron chi connectivity index (χ1n) is 14.0. The van der Waals surface area contributed by atoms with Gasteiger partial charge in [-0.15, -0.1) is 0 Å². The van der Waals surface area contributed by atoms with Crippen molar-refractivity contribution in [2.45, 2.75) is 18.3 Å². The number of para-hydroxylation sites is 3. The number of rotatable bonds is 2. The summed E-state index contributed by atoms with van der Waals surface area (Å²) in [6, 6.07) is 48.2. The molecule has 8 rings (SSSR count). The van der Waals surface area contributed by atoms with Crippen LogP contribution < -0.4 is 4.90 Å². The molecule has 5 aromatic carbocycles. The number of fused-ring (bicyclic) bond motifs is 8. The van der Waals surface area contributed by atoms with Gasteiger partial charge in [-0.05, 0) is 76.1 Å². The lowest BCUT2D eigenvalue weighted by atomic mass is 9.64. The highest BCUT2D eigenvalue weighted by Crippen LogP contribution is 2.62. The Labute approximate surface area is 235 Å². The summed E-state index contributed by atoms with van der Waals surface area (Å²) < 4.78 is 0. The van der Waals surface area contributed by atoms with Crippen molar-refractivity contribution in [2.75, 3.05) is 4.90 Å². The molecule has 2 heteroatoms. The van der Waals surface area contributed by atoms with Crippen molar-refractivity contribution in [3.63, 3.8) is 0 Å². The first-order valence-corrected chi connectivity index (χ1v) is 14.0. The predicted octanol–water partition coefficient (Wildman–Crippen LogP) is 9.48. The minimum Gasteiger partial charge on any atom is -0.310 e. The third-order valence-corrected chi connectivity index (χ3v) is 8.63. The molecule has 190 valence electrons. The van der Waals surface area contributed by atoms with Crippen molar-refractivity contribution in [1.29, 1.82) is 0 Å². The Morgan fingerprint density at radius 2 is 1.15 bits per heavy atom. The summed E-state index contributed by atoms with van der Waals surface area (Å²) >= 11 is 0. The second-order valence-corrected chi connectivity index (χ2v) is 10.6. The second kappa shape index (κ2) is 9.07. The third-order valence-electron chi connectivity index (χ3n) is 8.63. The van der Waals surface area contributed by atoms with Crippen LogP contribution in [0.5, 0.6) is 0 Å². The lowest BCUT2D eigenvalue weighted by Crippen LogP contribution is -2.37. The summed E-state index contributed by atoms with van der Waals surface area (Å²) in [6.07, 6.45) is 6.40. The zero-order chi connectivity index (χ0) is 26.5. The van der Waals surface area contributed by atoms with Gasteiger partial charge in [0.2, 0.25) is 0 Å². The van der Waals surface area contributed by atoms with Crippen LogP contribution in [0.15, 0.2) is 150 Å². The fourth-order valence-corrected chi connectivity index (χ4v) is 7.06. The molecular weight excluding hydrogens is 484 g/mol. The molecule has 0 amide bonds. The van der Waals surface area contributed by atoms with Gasteiger partial charge < -0.3 is 4.90 Å². The number of benzene rings is 5. The van der Waals surface area contributed by atoms with E-state index in [9.17, 15) is 0 Å². The Morgan fingerprint density at radius 3 is 1.85 bits per heavy atom. The standard InChI is InChI=1S/C38H28N2/c1-3-14-27(15-4-1)35-23-13-19-30-29-18-7-8-20-31(29)38(34(30)26-39-35)32-21-9-11-24-36(32)40(28-16-5-2-6-17-28)37-25-12-10-22-33(37)38/h1-12,14-18,20-26H,13,19H2/b35-23-,39-26-. The van der Waals surface area contributed by atoms with Crippen molar-refractivity contribution in [3.8, 4) is 0 Å². The minimum absolute atomic E-state index is 0.451. The maximum atomic E-state index is 5.22.